The number of carboxylic acid groups (broad SMARTS) is 1. The summed E-state index contributed by atoms with van der Waals surface area (Å²) in [6.45, 7) is 0. The van der Waals surface area contributed by atoms with Crippen molar-refractivity contribution in [3.05, 3.63) is 48.3 Å². The van der Waals surface area contributed by atoms with Crippen molar-refractivity contribution in [1.82, 2.24) is 4.98 Å². The lowest BCUT2D eigenvalue weighted by Crippen LogP contribution is -2.14. The Morgan fingerprint density at radius 1 is 1.29 bits per heavy atom. The predicted molar refractivity (Wildman–Crippen MR) is 75.0 cm³/mol. The van der Waals surface area contributed by atoms with Crippen LogP contribution in [-0.4, -0.2) is 31.6 Å². The van der Waals surface area contributed by atoms with Crippen LogP contribution >= 0.6 is 0 Å². The van der Waals surface area contributed by atoms with E-state index in [9.17, 15) is 13.2 Å². The van der Waals surface area contributed by atoms with Crippen molar-refractivity contribution < 1.29 is 23.1 Å². The van der Waals surface area contributed by atoms with Gasteiger partial charge >= 0.3 is 5.97 Å². The van der Waals surface area contributed by atoms with Crippen LogP contribution in [0.15, 0.2) is 47.5 Å². The van der Waals surface area contributed by atoms with Crippen molar-refractivity contribution >= 4 is 21.7 Å². The summed E-state index contributed by atoms with van der Waals surface area (Å²) in [7, 11) is -2.53. The van der Waals surface area contributed by atoms with Crippen molar-refractivity contribution in [2.45, 2.75) is 4.90 Å². The number of sulfonamides is 1. The van der Waals surface area contributed by atoms with Gasteiger partial charge in [0.15, 0.2) is 0 Å². The second-order valence-corrected chi connectivity index (χ2v) is 5.64. The van der Waals surface area contributed by atoms with Gasteiger partial charge in [0, 0.05) is 6.20 Å². The van der Waals surface area contributed by atoms with Crippen LogP contribution in [0.5, 0.6) is 5.75 Å². The highest BCUT2D eigenvalue weighted by molar-refractivity contribution is 7.92. The summed E-state index contributed by atoms with van der Waals surface area (Å²) in [6.07, 6.45) is 1.21. The van der Waals surface area contributed by atoms with Gasteiger partial charge in [0.05, 0.1) is 12.8 Å². The molecule has 0 saturated heterocycles. The van der Waals surface area contributed by atoms with Crippen LogP contribution in [0.4, 0.5) is 5.69 Å². The summed E-state index contributed by atoms with van der Waals surface area (Å²) >= 11 is 0. The number of hydrogen-bond donors (Lipinski definition) is 2. The molecule has 0 saturated carbocycles. The van der Waals surface area contributed by atoms with Crippen molar-refractivity contribution in [2.24, 2.45) is 0 Å². The standard InChI is InChI=1S/C13H12N2O5S/c1-20-11-4-2-3-5-12(11)21(18,19)15-9-6-7-14-10(8-9)13(16)17/h2-8H,1H3,(H,14,15)(H,16,17). The quantitative estimate of drug-likeness (QED) is 0.869. The van der Waals surface area contributed by atoms with Gasteiger partial charge in [-0.25, -0.2) is 18.2 Å². The molecule has 0 aliphatic heterocycles. The number of para-hydroxylation sites is 1. The molecular weight excluding hydrogens is 296 g/mol. The Hall–Kier alpha value is -2.61. The lowest BCUT2D eigenvalue weighted by atomic mass is 10.3. The Balaban J connectivity index is 2.38. The monoisotopic (exact) mass is 308 g/mol. The molecule has 8 heteroatoms. The van der Waals surface area contributed by atoms with Gasteiger partial charge in [0.1, 0.15) is 16.3 Å². The summed E-state index contributed by atoms with van der Waals surface area (Å²) < 4.78 is 31.9. The minimum Gasteiger partial charge on any atom is -0.495 e. The Kier molecular flexibility index (Phi) is 4.08. The molecule has 110 valence electrons. The Labute approximate surface area is 121 Å². The van der Waals surface area contributed by atoms with Gasteiger partial charge in [0.2, 0.25) is 0 Å². The largest absolute Gasteiger partial charge is 0.495 e. The van der Waals surface area contributed by atoms with E-state index in [1.165, 1.54) is 31.5 Å². The third-order valence-corrected chi connectivity index (χ3v) is 4.01. The highest BCUT2D eigenvalue weighted by atomic mass is 32.2. The van der Waals surface area contributed by atoms with Crippen molar-refractivity contribution in [1.29, 1.82) is 0 Å². The van der Waals surface area contributed by atoms with E-state index in [2.05, 4.69) is 9.71 Å². The van der Waals surface area contributed by atoms with Crippen LogP contribution in [0, 0.1) is 0 Å². The number of rotatable bonds is 5. The van der Waals surface area contributed by atoms with E-state index in [0.29, 0.717) is 0 Å². The molecule has 0 bridgehead atoms. The summed E-state index contributed by atoms with van der Waals surface area (Å²) in [5, 5.41) is 8.85. The first-order valence-corrected chi connectivity index (χ1v) is 7.27. The second-order valence-electron chi connectivity index (χ2n) is 3.99. The van der Waals surface area contributed by atoms with E-state index >= 15 is 0 Å². The molecule has 0 radical (unpaired) electrons. The Bertz CT molecular complexity index is 774. The number of nitrogens with zero attached hydrogens (tertiary/aromatic N) is 1. The first-order chi connectivity index (χ1) is 9.94. The minimum atomic E-state index is -3.89. The van der Waals surface area contributed by atoms with Crippen molar-refractivity contribution in [2.75, 3.05) is 11.8 Å². The molecule has 7 nitrogen and oxygen atoms in total. The number of methoxy groups -OCH3 is 1. The maximum Gasteiger partial charge on any atom is 0.354 e. The number of benzene rings is 1. The molecule has 0 aliphatic rings. The molecule has 0 spiro atoms. The van der Waals surface area contributed by atoms with Crippen molar-refractivity contribution in [3.8, 4) is 5.75 Å². The second kappa shape index (κ2) is 5.80. The minimum absolute atomic E-state index is 0.0406. The molecule has 0 aliphatic carbocycles. The molecule has 0 unspecified atom stereocenters. The van der Waals surface area contributed by atoms with Crippen LogP contribution in [-0.2, 0) is 10.0 Å². The molecule has 1 aromatic heterocycles. The maximum atomic E-state index is 12.3. The zero-order valence-corrected chi connectivity index (χ0v) is 11.8. The zero-order chi connectivity index (χ0) is 15.5. The number of pyridine rings is 1. The fourth-order valence-electron chi connectivity index (χ4n) is 1.66. The summed E-state index contributed by atoms with van der Waals surface area (Å²) in [5.74, 6) is -1.05. The molecule has 0 fully saturated rings. The molecular formula is C13H12N2O5S. The van der Waals surface area contributed by atoms with Crippen LogP contribution in [0.25, 0.3) is 0 Å². The summed E-state index contributed by atoms with van der Waals surface area (Å²) in [4.78, 5) is 14.4. The third kappa shape index (κ3) is 3.29. The topological polar surface area (TPSA) is 106 Å². The van der Waals surface area contributed by atoms with Gasteiger partial charge in [-0.15, -0.1) is 0 Å². The van der Waals surface area contributed by atoms with E-state index in [0.717, 1.165) is 6.07 Å². The van der Waals surface area contributed by atoms with Crippen LogP contribution in [0.1, 0.15) is 10.5 Å². The van der Waals surface area contributed by atoms with Gasteiger partial charge in [-0.05, 0) is 24.3 Å². The van der Waals surface area contributed by atoms with Gasteiger partial charge < -0.3 is 9.84 Å². The van der Waals surface area contributed by atoms with E-state index in [4.69, 9.17) is 9.84 Å². The normalized spacial score (nSPS) is 10.9. The van der Waals surface area contributed by atoms with Gasteiger partial charge in [0.25, 0.3) is 10.0 Å². The SMILES string of the molecule is COc1ccccc1S(=O)(=O)Nc1ccnc(C(=O)O)c1. The van der Waals surface area contributed by atoms with E-state index in [-0.39, 0.29) is 22.0 Å². The lowest BCUT2D eigenvalue weighted by Gasteiger charge is -2.11. The highest BCUT2D eigenvalue weighted by Gasteiger charge is 2.19. The molecule has 2 aromatic rings. The number of anilines is 1. The first-order valence-electron chi connectivity index (χ1n) is 5.79. The lowest BCUT2D eigenvalue weighted by molar-refractivity contribution is 0.0690. The molecule has 21 heavy (non-hydrogen) atoms. The zero-order valence-electron chi connectivity index (χ0n) is 11.0. The fraction of sp³-hybridized carbons (Fsp3) is 0.0769. The molecule has 1 aromatic carbocycles. The van der Waals surface area contributed by atoms with Gasteiger partial charge in [-0.2, -0.15) is 0 Å². The predicted octanol–water partition coefficient (Wildman–Crippen LogP) is 1.59. The van der Waals surface area contributed by atoms with Crippen LogP contribution < -0.4 is 9.46 Å². The van der Waals surface area contributed by atoms with E-state index in [1.54, 1.807) is 12.1 Å². The Morgan fingerprint density at radius 2 is 2.00 bits per heavy atom. The third-order valence-electron chi connectivity index (χ3n) is 2.59. The number of carboxylic acids is 1. The van der Waals surface area contributed by atoms with E-state index < -0.39 is 16.0 Å². The molecule has 0 amide bonds. The molecule has 2 rings (SSSR count). The molecule has 0 atom stereocenters. The number of nitrogens with one attached hydrogen (secondary N) is 1. The number of hydrogen-bond acceptors (Lipinski definition) is 5. The summed E-state index contributed by atoms with van der Waals surface area (Å²) in [6, 6.07) is 8.61. The smallest absolute Gasteiger partial charge is 0.354 e. The number of ether oxygens (including phenoxy) is 1. The fourth-order valence-corrected chi connectivity index (χ4v) is 2.88. The maximum absolute atomic E-state index is 12.3. The Morgan fingerprint density at radius 3 is 2.67 bits per heavy atom. The average Bonchev–Trinajstić information content (AvgIpc) is 2.47. The summed E-state index contributed by atoms with van der Waals surface area (Å²) in [5.41, 5.74) is -0.150. The van der Waals surface area contributed by atoms with Crippen LogP contribution in [0.2, 0.25) is 0 Å². The van der Waals surface area contributed by atoms with Gasteiger partial charge in [-0.1, -0.05) is 12.1 Å². The number of aromatic nitrogens is 1. The van der Waals surface area contributed by atoms with E-state index in [1.807, 2.05) is 0 Å². The molecule has 2 N–H and O–H groups in total. The van der Waals surface area contributed by atoms with Crippen molar-refractivity contribution in [3.63, 3.8) is 0 Å². The molecule has 1 heterocycles. The van der Waals surface area contributed by atoms with Gasteiger partial charge in [-0.3, -0.25) is 4.72 Å². The number of aromatic carboxylic acids is 1. The first kappa shape index (κ1) is 14.8. The number of carbonyl (C=O) groups is 1. The average molecular weight is 308 g/mol. The van der Waals surface area contributed by atoms with Crippen LogP contribution in [0.3, 0.4) is 0 Å². The highest BCUT2D eigenvalue weighted by Crippen LogP contribution is 2.25.